The zero-order valence-electron chi connectivity index (χ0n) is 11.5. The van der Waals surface area contributed by atoms with Gasteiger partial charge in [0.1, 0.15) is 4.21 Å². The second-order valence-corrected chi connectivity index (χ2v) is 7.57. The molecule has 21 heavy (non-hydrogen) atoms. The van der Waals surface area contributed by atoms with Crippen LogP contribution in [0.25, 0.3) is 0 Å². The van der Waals surface area contributed by atoms with Crippen LogP contribution >= 0.6 is 23.1 Å². The van der Waals surface area contributed by atoms with Crippen molar-refractivity contribution in [2.24, 2.45) is 0 Å². The maximum absolute atomic E-state index is 11.2. The molecule has 0 spiro atoms. The highest BCUT2D eigenvalue weighted by molar-refractivity contribution is 8.01. The molecular weight excluding hydrogens is 306 g/mol. The van der Waals surface area contributed by atoms with E-state index in [1.54, 1.807) is 6.92 Å². The van der Waals surface area contributed by atoms with E-state index in [1.165, 1.54) is 46.7 Å². The van der Waals surface area contributed by atoms with Gasteiger partial charge in [-0.05, 0) is 49.4 Å². The van der Waals surface area contributed by atoms with E-state index in [-0.39, 0.29) is 10.6 Å². The minimum absolute atomic E-state index is 0.0846. The lowest BCUT2D eigenvalue weighted by Crippen LogP contribution is -1.88. The van der Waals surface area contributed by atoms with Gasteiger partial charge in [0.15, 0.2) is 0 Å². The van der Waals surface area contributed by atoms with Crippen molar-refractivity contribution in [1.82, 2.24) is 0 Å². The van der Waals surface area contributed by atoms with Gasteiger partial charge in [-0.25, -0.2) is 0 Å². The normalized spacial score (nSPS) is 15.0. The summed E-state index contributed by atoms with van der Waals surface area (Å²) >= 11 is 2.71. The topological polar surface area (TPSA) is 63.4 Å². The van der Waals surface area contributed by atoms with Gasteiger partial charge in [-0.3, -0.25) is 10.1 Å². The summed E-state index contributed by atoms with van der Waals surface area (Å²) < 4.78 is 0.633. The summed E-state index contributed by atoms with van der Waals surface area (Å²) in [5.41, 5.74) is 2.83. The van der Waals surface area contributed by atoms with Gasteiger partial charge in [0.25, 0.3) is 5.69 Å². The van der Waals surface area contributed by atoms with Crippen molar-refractivity contribution in [3.8, 4) is 0 Å². The van der Waals surface area contributed by atoms with Crippen LogP contribution in [0.1, 0.15) is 35.5 Å². The van der Waals surface area contributed by atoms with Crippen LogP contribution in [0.5, 0.6) is 0 Å². The summed E-state index contributed by atoms with van der Waals surface area (Å²) in [5, 5.41) is 20.8. The fourth-order valence-corrected chi connectivity index (χ4v) is 4.83. The Balaban J connectivity index is 1.92. The lowest BCUT2D eigenvalue weighted by Gasteiger charge is -2.03. The van der Waals surface area contributed by atoms with Crippen LogP contribution in [0, 0.1) is 10.1 Å². The Hall–Kier alpha value is -1.37. The number of rotatable bonds is 4. The quantitative estimate of drug-likeness (QED) is 0.671. The molecule has 4 nitrogen and oxygen atoms in total. The van der Waals surface area contributed by atoms with E-state index >= 15 is 0 Å². The maximum Gasteiger partial charge on any atom is 0.294 e. The number of aliphatic hydroxyl groups excluding tert-OH is 1. The van der Waals surface area contributed by atoms with E-state index in [0.29, 0.717) is 9.09 Å². The summed E-state index contributed by atoms with van der Waals surface area (Å²) in [4.78, 5) is 12.4. The Morgan fingerprint density at radius 2 is 2.10 bits per heavy atom. The number of nitrogens with zero attached hydrogens (tertiary/aromatic N) is 1. The number of aryl methyl sites for hydroxylation is 2. The second kappa shape index (κ2) is 5.79. The highest BCUT2D eigenvalue weighted by Crippen LogP contribution is 2.43. The van der Waals surface area contributed by atoms with Crippen LogP contribution < -0.4 is 0 Å². The van der Waals surface area contributed by atoms with Gasteiger partial charge in [-0.1, -0.05) is 17.8 Å². The average molecular weight is 321 g/mol. The Morgan fingerprint density at radius 3 is 2.81 bits per heavy atom. The molecule has 3 rings (SSSR count). The van der Waals surface area contributed by atoms with Gasteiger partial charge < -0.3 is 5.11 Å². The van der Waals surface area contributed by atoms with E-state index in [1.807, 2.05) is 6.07 Å². The first-order valence-corrected chi connectivity index (χ1v) is 8.43. The van der Waals surface area contributed by atoms with Gasteiger partial charge in [-0.15, -0.1) is 11.3 Å². The highest BCUT2D eigenvalue weighted by Gasteiger charge is 2.22. The fourth-order valence-electron chi connectivity index (χ4n) is 2.51. The number of hydrogen-bond donors (Lipinski definition) is 1. The predicted molar refractivity (Wildman–Crippen MR) is 84.2 cm³/mol. The van der Waals surface area contributed by atoms with Crippen LogP contribution in [0.15, 0.2) is 33.4 Å². The first-order valence-electron chi connectivity index (χ1n) is 6.80. The van der Waals surface area contributed by atoms with Gasteiger partial charge >= 0.3 is 0 Å². The summed E-state index contributed by atoms with van der Waals surface area (Å²) in [6, 6.07) is 7.77. The number of nitro groups is 1. The van der Waals surface area contributed by atoms with Gasteiger partial charge in [0.2, 0.25) is 0 Å². The lowest BCUT2D eigenvalue weighted by atomic mass is 10.1. The van der Waals surface area contributed by atoms with Crippen LogP contribution in [-0.4, -0.2) is 10.0 Å². The van der Waals surface area contributed by atoms with Crippen LogP contribution in [-0.2, 0) is 12.8 Å². The predicted octanol–water partition coefficient (Wildman–Crippen LogP) is 4.35. The summed E-state index contributed by atoms with van der Waals surface area (Å²) in [6.07, 6.45) is 2.73. The third-order valence-corrected chi connectivity index (χ3v) is 6.06. The molecule has 0 amide bonds. The molecule has 0 fully saturated rings. The molecule has 1 aromatic heterocycles. The van der Waals surface area contributed by atoms with Crippen LogP contribution in [0.4, 0.5) is 5.69 Å². The maximum atomic E-state index is 11.2. The molecule has 6 heteroatoms. The van der Waals surface area contributed by atoms with Crippen molar-refractivity contribution in [2.75, 3.05) is 0 Å². The number of hydrogen-bond acceptors (Lipinski definition) is 5. The van der Waals surface area contributed by atoms with Gasteiger partial charge in [0.05, 0.1) is 11.0 Å². The molecule has 1 unspecified atom stereocenters. The standard InChI is InChI=1S/C15H15NO3S2/c1-9(17)14-8-13(16(18)19)15(21-14)20-12-6-5-10-3-2-4-11(10)7-12/h5-9,17H,2-4H2,1H3. The Morgan fingerprint density at radius 1 is 1.33 bits per heavy atom. The average Bonchev–Trinajstić information content (AvgIpc) is 3.04. The smallest absolute Gasteiger partial charge is 0.294 e. The molecule has 1 atom stereocenters. The lowest BCUT2D eigenvalue weighted by molar-refractivity contribution is -0.387. The van der Waals surface area contributed by atoms with Crippen molar-refractivity contribution >= 4 is 28.8 Å². The molecule has 0 bridgehead atoms. The van der Waals surface area contributed by atoms with Crippen LogP contribution in [0.2, 0.25) is 0 Å². The minimum atomic E-state index is -0.678. The first-order chi connectivity index (χ1) is 10.0. The molecule has 0 aliphatic heterocycles. The first kappa shape index (κ1) is 14.6. The fraction of sp³-hybridized carbons (Fsp3) is 0.333. The zero-order chi connectivity index (χ0) is 15.0. The molecule has 110 valence electrons. The summed E-state index contributed by atoms with van der Waals surface area (Å²) in [5.74, 6) is 0. The largest absolute Gasteiger partial charge is 0.388 e. The van der Waals surface area contributed by atoms with Crippen molar-refractivity contribution in [2.45, 2.75) is 41.4 Å². The van der Waals surface area contributed by atoms with Crippen LogP contribution in [0.3, 0.4) is 0 Å². The number of benzene rings is 1. The zero-order valence-corrected chi connectivity index (χ0v) is 13.2. The minimum Gasteiger partial charge on any atom is -0.388 e. The molecular formula is C15H15NO3S2. The molecule has 2 aromatic rings. The number of fused-ring (bicyclic) bond motifs is 1. The highest BCUT2D eigenvalue weighted by atomic mass is 32.2. The molecule has 1 N–H and O–H groups in total. The molecule has 0 radical (unpaired) electrons. The van der Waals surface area contributed by atoms with Crippen molar-refractivity contribution in [3.63, 3.8) is 0 Å². The molecule has 1 aromatic carbocycles. The van der Waals surface area contributed by atoms with Crippen molar-refractivity contribution < 1.29 is 10.0 Å². The Bertz CT molecular complexity index is 694. The molecule has 0 saturated carbocycles. The SMILES string of the molecule is CC(O)c1cc([N+](=O)[O-])c(Sc2ccc3c(c2)CCC3)s1. The van der Waals surface area contributed by atoms with Gasteiger partial charge in [-0.2, -0.15) is 0 Å². The second-order valence-electron chi connectivity index (χ2n) is 5.14. The summed E-state index contributed by atoms with van der Waals surface area (Å²) in [6.45, 7) is 1.62. The molecule has 1 heterocycles. The van der Waals surface area contributed by atoms with E-state index < -0.39 is 6.10 Å². The Labute approximate surface area is 131 Å². The summed E-state index contributed by atoms with van der Waals surface area (Å²) in [7, 11) is 0. The van der Waals surface area contributed by atoms with Crippen molar-refractivity contribution in [1.29, 1.82) is 0 Å². The third kappa shape index (κ3) is 2.97. The molecule has 1 aliphatic carbocycles. The molecule has 0 saturated heterocycles. The van der Waals surface area contributed by atoms with E-state index in [4.69, 9.17) is 0 Å². The number of aliphatic hydroxyl groups is 1. The molecule has 1 aliphatic rings. The monoisotopic (exact) mass is 321 g/mol. The van der Waals surface area contributed by atoms with Gasteiger partial charge in [0, 0.05) is 15.8 Å². The van der Waals surface area contributed by atoms with E-state index in [9.17, 15) is 15.2 Å². The third-order valence-electron chi connectivity index (χ3n) is 3.59. The van der Waals surface area contributed by atoms with E-state index in [0.717, 1.165) is 17.7 Å². The van der Waals surface area contributed by atoms with Crippen molar-refractivity contribution in [3.05, 3.63) is 50.4 Å². The number of thiophene rings is 1. The van der Waals surface area contributed by atoms with E-state index in [2.05, 4.69) is 12.1 Å². The Kier molecular flexibility index (Phi) is 4.01.